The lowest BCUT2D eigenvalue weighted by Gasteiger charge is -2.08. The van der Waals surface area contributed by atoms with E-state index >= 15 is 0 Å². The van der Waals surface area contributed by atoms with Gasteiger partial charge in [-0.05, 0) is 12.0 Å². The van der Waals surface area contributed by atoms with Gasteiger partial charge in [-0.2, -0.15) is 0 Å². The quantitative estimate of drug-likeness (QED) is 0.592. The first kappa shape index (κ1) is 11.8. The number of ketones is 1. The molecule has 0 spiro atoms. The largest absolute Gasteiger partial charge is 0.454 e. The number of hydrogen-bond acceptors (Lipinski definition) is 3. The molecule has 0 bridgehead atoms. The topological polar surface area (TPSA) is 43.4 Å². The third kappa shape index (κ3) is 2.73. The Morgan fingerprint density at radius 1 is 1.35 bits per heavy atom. The second-order valence-electron chi connectivity index (χ2n) is 4.33. The summed E-state index contributed by atoms with van der Waals surface area (Å²) >= 11 is 0. The molecule has 0 aromatic heterocycles. The van der Waals surface area contributed by atoms with Gasteiger partial charge in [0.05, 0.1) is 0 Å². The van der Waals surface area contributed by atoms with Crippen molar-refractivity contribution in [3.63, 3.8) is 0 Å². The molecule has 0 radical (unpaired) electrons. The number of benzene rings is 1. The molecule has 1 fully saturated rings. The maximum Gasteiger partial charge on any atom is 0.306 e. The molecule has 1 heterocycles. The van der Waals surface area contributed by atoms with E-state index in [1.165, 1.54) is 5.56 Å². The Balaban J connectivity index is 2.06. The molecule has 17 heavy (non-hydrogen) atoms. The van der Waals surface area contributed by atoms with Crippen molar-refractivity contribution in [3.8, 4) is 0 Å². The normalized spacial score (nSPS) is 19.1. The number of aryl methyl sites for hydroxylation is 1. The highest BCUT2D eigenvalue weighted by Gasteiger charge is 2.30. The van der Waals surface area contributed by atoms with Crippen LogP contribution in [-0.4, -0.2) is 17.9 Å². The third-order valence-electron chi connectivity index (χ3n) is 2.95. The van der Waals surface area contributed by atoms with Crippen LogP contribution in [0.15, 0.2) is 24.3 Å². The van der Waals surface area contributed by atoms with Gasteiger partial charge in [-0.1, -0.05) is 37.6 Å². The molecule has 0 aliphatic carbocycles. The molecule has 3 nitrogen and oxygen atoms in total. The minimum atomic E-state index is -0.570. The van der Waals surface area contributed by atoms with E-state index in [0.717, 1.165) is 12.8 Å². The molecule has 1 aliphatic rings. The lowest BCUT2D eigenvalue weighted by atomic mass is 10.0. The van der Waals surface area contributed by atoms with Crippen molar-refractivity contribution in [2.75, 3.05) is 0 Å². The second-order valence-corrected chi connectivity index (χ2v) is 4.33. The predicted octanol–water partition coefficient (Wildman–Crippen LogP) is 2.53. The molecule has 1 aliphatic heterocycles. The first-order valence-electron chi connectivity index (χ1n) is 6.03. The predicted molar refractivity (Wildman–Crippen MR) is 63.9 cm³/mol. The van der Waals surface area contributed by atoms with Gasteiger partial charge in [-0.25, -0.2) is 0 Å². The Labute approximate surface area is 101 Å². The van der Waals surface area contributed by atoms with Crippen molar-refractivity contribution in [2.45, 2.75) is 38.7 Å². The zero-order valence-electron chi connectivity index (χ0n) is 9.94. The zero-order valence-corrected chi connectivity index (χ0v) is 9.94. The summed E-state index contributed by atoms with van der Waals surface area (Å²) in [5.41, 5.74) is 1.86. The van der Waals surface area contributed by atoms with E-state index in [2.05, 4.69) is 6.92 Å². The van der Waals surface area contributed by atoms with Crippen molar-refractivity contribution in [2.24, 2.45) is 0 Å². The smallest absolute Gasteiger partial charge is 0.306 e. The van der Waals surface area contributed by atoms with Gasteiger partial charge >= 0.3 is 5.97 Å². The van der Waals surface area contributed by atoms with Crippen LogP contribution < -0.4 is 0 Å². The highest BCUT2D eigenvalue weighted by Crippen LogP contribution is 2.19. The van der Waals surface area contributed by atoms with Crippen LogP contribution in [0.2, 0.25) is 0 Å². The zero-order chi connectivity index (χ0) is 12.3. The lowest BCUT2D eigenvalue weighted by molar-refractivity contribution is -0.140. The van der Waals surface area contributed by atoms with Gasteiger partial charge in [0.1, 0.15) is 0 Å². The Kier molecular flexibility index (Phi) is 3.57. The fourth-order valence-corrected chi connectivity index (χ4v) is 2.02. The molecule has 1 aromatic rings. The minimum Gasteiger partial charge on any atom is -0.454 e. The molecule has 90 valence electrons. The van der Waals surface area contributed by atoms with Crippen LogP contribution >= 0.6 is 0 Å². The Morgan fingerprint density at radius 3 is 2.59 bits per heavy atom. The summed E-state index contributed by atoms with van der Waals surface area (Å²) in [7, 11) is 0. The van der Waals surface area contributed by atoms with Crippen LogP contribution in [-0.2, 0) is 16.0 Å². The molecule has 1 aromatic carbocycles. The van der Waals surface area contributed by atoms with E-state index in [1.807, 2.05) is 24.3 Å². The monoisotopic (exact) mass is 232 g/mol. The summed E-state index contributed by atoms with van der Waals surface area (Å²) in [5, 5.41) is 0. The molecule has 2 rings (SSSR count). The number of hydrogen-bond donors (Lipinski definition) is 0. The van der Waals surface area contributed by atoms with Crippen LogP contribution in [0.5, 0.6) is 0 Å². The number of carbonyl (C=O) groups is 2. The highest BCUT2D eigenvalue weighted by atomic mass is 16.6. The van der Waals surface area contributed by atoms with Gasteiger partial charge < -0.3 is 4.74 Å². The van der Waals surface area contributed by atoms with Crippen molar-refractivity contribution in [1.29, 1.82) is 0 Å². The van der Waals surface area contributed by atoms with Gasteiger partial charge in [0.25, 0.3) is 0 Å². The Morgan fingerprint density at radius 2 is 2.06 bits per heavy atom. The summed E-state index contributed by atoms with van der Waals surface area (Å²) in [5.74, 6) is -0.357. The molecular weight excluding hydrogens is 216 g/mol. The minimum absolute atomic E-state index is 0.0844. The van der Waals surface area contributed by atoms with Crippen molar-refractivity contribution >= 4 is 11.8 Å². The highest BCUT2D eigenvalue weighted by molar-refractivity contribution is 6.01. The van der Waals surface area contributed by atoms with Crippen LogP contribution in [0, 0.1) is 0 Å². The van der Waals surface area contributed by atoms with Crippen molar-refractivity contribution < 1.29 is 14.3 Å². The van der Waals surface area contributed by atoms with Gasteiger partial charge in [0.15, 0.2) is 6.10 Å². The lowest BCUT2D eigenvalue weighted by Crippen LogP contribution is -2.20. The summed E-state index contributed by atoms with van der Waals surface area (Å²) in [6, 6.07) is 7.57. The van der Waals surface area contributed by atoms with Crippen molar-refractivity contribution in [3.05, 3.63) is 35.4 Å². The fraction of sp³-hybridized carbons (Fsp3) is 0.429. The van der Waals surface area contributed by atoms with E-state index in [9.17, 15) is 9.59 Å². The third-order valence-corrected chi connectivity index (χ3v) is 2.95. The van der Waals surface area contributed by atoms with E-state index in [0.29, 0.717) is 18.4 Å². The van der Waals surface area contributed by atoms with Gasteiger partial charge in [-0.15, -0.1) is 0 Å². The van der Waals surface area contributed by atoms with Crippen LogP contribution in [0.4, 0.5) is 0 Å². The molecule has 0 N–H and O–H groups in total. The molecule has 1 atom stereocenters. The maximum atomic E-state index is 12.0. The molecular formula is C14H16O3. The molecule has 0 saturated carbocycles. The summed E-state index contributed by atoms with van der Waals surface area (Å²) in [4.78, 5) is 22.9. The van der Waals surface area contributed by atoms with Crippen LogP contribution in [0.3, 0.4) is 0 Å². The number of carbonyl (C=O) groups excluding carboxylic acids is 2. The van der Waals surface area contributed by atoms with Crippen LogP contribution in [0.25, 0.3) is 0 Å². The SMILES string of the molecule is CCCc1ccc(C(=O)C2CCC(=O)O2)cc1. The summed E-state index contributed by atoms with van der Waals surface area (Å²) in [6.45, 7) is 2.12. The molecule has 3 heteroatoms. The molecule has 1 unspecified atom stereocenters. The van der Waals surface area contributed by atoms with Gasteiger partial charge in [0.2, 0.25) is 5.78 Å². The summed E-state index contributed by atoms with van der Waals surface area (Å²) in [6.07, 6.45) is 2.40. The number of cyclic esters (lactones) is 1. The van der Waals surface area contributed by atoms with E-state index in [4.69, 9.17) is 4.74 Å². The van der Waals surface area contributed by atoms with Gasteiger partial charge in [-0.3, -0.25) is 9.59 Å². The van der Waals surface area contributed by atoms with E-state index in [1.54, 1.807) is 0 Å². The summed E-state index contributed by atoms with van der Waals surface area (Å²) < 4.78 is 4.97. The molecule has 0 amide bonds. The van der Waals surface area contributed by atoms with Crippen LogP contribution in [0.1, 0.15) is 42.1 Å². The van der Waals surface area contributed by atoms with Crippen molar-refractivity contribution in [1.82, 2.24) is 0 Å². The van der Waals surface area contributed by atoms with E-state index in [-0.39, 0.29) is 11.8 Å². The van der Waals surface area contributed by atoms with Gasteiger partial charge in [0, 0.05) is 18.4 Å². The number of ether oxygens (including phenoxy) is 1. The first-order valence-corrected chi connectivity index (χ1v) is 6.03. The number of esters is 1. The van der Waals surface area contributed by atoms with E-state index < -0.39 is 6.10 Å². The Bertz CT molecular complexity index is 420. The second kappa shape index (κ2) is 5.13. The maximum absolute atomic E-state index is 12.0. The average molecular weight is 232 g/mol. The standard InChI is InChI=1S/C14H16O3/c1-2-3-10-4-6-11(7-5-10)14(16)12-8-9-13(15)17-12/h4-7,12H,2-3,8-9H2,1H3. The number of Topliss-reactive ketones (excluding diaryl/α,β-unsaturated/α-hetero) is 1. The first-order chi connectivity index (χ1) is 8.20. The number of rotatable bonds is 4. The average Bonchev–Trinajstić information content (AvgIpc) is 2.76. The molecule has 1 saturated heterocycles. The Hall–Kier alpha value is -1.64. The fourth-order valence-electron chi connectivity index (χ4n) is 2.02.